The highest BCUT2D eigenvalue weighted by Crippen LogP contribution is 2.17. The first kappa shape index (κ1) is 18.7. The fraction of sp³-hybridized carbons (Fsp3) is 0.143. The van der Waals surface area contributed by atoms with Crippen molar-refractivity contribution in [3.63, 3.8) is 0 Å². The Hall–Kier alpha value is -3.12. The van der Waals surface area contributed by atoms with E-state index in [-0.39, 0.29) is 11.8 Å². The van der Waals surface area contributed by atoms with Gasteiger partial charge in [-0.2, -0.15) is 0 Å². The second-order valence-corrected chi connectivity index (χ2v) is 6.81. The van der Waals surface area contributed by atoms with E-state index in [2.05, 4.69) is 10.6 Å². The van der Waals surface area contributed by atoms with Crippen LogP contribution in [0.25, 0.3) is 0 Å². The largest absolute Gasteiger partial charge is 0.497 e. The Kier molecular flexibility index (Phi) is 6.22. The summed E-state index contributed by atoms with van der Waals surface area (Å²) in [6.45, 7) is 0.342. The van der Waals surface area contributed by atoms with Gasteiger partial charge in [-0.1, -0.05) is 48.5 Å². The minimum Gasteiger partial charge on any atom is -0.497 e. The number of ether oxygens (including phenoxy) is 1. The third-order valence-electron chi connectivity index (χ3n) is 4.02. The Bertz CT molecular complexity index is 895. The van der Waals surface area contributed by atoms with Crippen LogP contribution in [-0.4, -0.2) is 18.9 Å². The van der Waals surface area contributed by atoms with Gasteiger partial charge in [0.15, 0.2) is 0 Å². The van der Waals surface area contributed by atoms with Crippen LogP contribution in [0.1, 0.15) is 26.8 Å². The highest BCUT2D eigenvalue weighted by Gasteiger charge is 2.23. The molecule has 27 heavy (non-hydrogen) atoms. The van der Waals surface area contributed by atoms with Crippen LogP contribution < -0.4 is 15.4 Å². The van der Waals surface area contributed by atoms with Crippen molar-refractivity contribution in [1.82, 2.24) is 10.6 Å². The third kappa shape index (κ3) is 4.95. The van der Waals surface area contributed by atoms with Gasteiger partial charge in [0.05, 0.1) is 12.0 Å². The van der Waals surface area contributed by atoms with E-state index in [0.717, 1.165) is 16.9 Å². The number of carbonyl (C=O) groups is 2. The Morgan fingerprint density at radius 1 is 1.04 bits per heavy atom. The van der Waals surface area contributed by atoms with Crippen molar-refractivity contribution < 1.29 is 14.3 Å². The Labute approximate surface area is 162 Å². The second kappa shape index (κ2) is 9.00. The smallest absolute Gasteiger partial charge is 0.262 e. The molecule has 0 saturated heterocycles. The lowest BCUT2D eigenvalue weighted by Crippen LogP contribution is -2.40. The first-order valence-electron chi connectivity index (χ1n) is 8.47. The molecule has 6 heteroatoms. The summed E-state index contributed by atoms with van der Waals surface area (Å²) in [5, 5.41) is 7.55. The zero-order valence-corrected chi connectivity index (χ0v) is 15.7. The minimum absolute atomic E-state index is 0.268. The Morgan fingerprint density at radius 2 is 1.85 bits per heavy atom. The van der Waals surface area contributed by atoms with Crippen LogP contribution in [0.4, 0.5) is 0 Å². The van der Waals surface area contributed by atoms with E-state index in [0.29, 0.717) is 11.4 Å². The zero-order valence-electron chi connectivity index (χ0n) is 14.8. The number of thiophene rings is 1. The maximum Gasteiger partial charge on any atom is 0.262 e. The van der Waals surface area contributed by atoms with Gasteiger partial charge >= 0.3 is 0 Å². The minimum atomic E-state index is -0.772. The number of carbonyl (C=O) groups excluding carboxylic acids is 2. The SMILES string of the molecule is COc1cccc(CNC(=O)C(NC(=O)c2cccs2)c2ccccc2)c1. The predicted molar refractivity (Wildman–Crippen MR) is 106 cm³/mol. The van der Waals surface area contributed by atoms with Crippen molar-refractivity contribution in [2.75, 3.05) is 7.11 Å². The van der Waals surface area contributed by atoms with Crippen LogP contribution in [0.5, 0.6) is 5.75 Å². The quantitative estimate of drug-likeness (QED) is 0.659. The number of hydrogen-bond acceptors (Lipinski definition) is 4. The highest BCUT2D eigenvalue weighted by molar-refractivity contribution is 7.12. The summed E-state index contributed by atoms with van der Waals surface area (Å²) >= 11 is 1.34. The van der Waals surface area contributed by atoms with E-state index in [1.54, 1.807) is 19.2 Å². The van der Waals surface area contributed by atoms with E-state index in [9.17, 15) is 9.59 Å². The molecule has 2 amide bonds. The molecule has 0 fully saturated rings. The van der Waals surface area contributed by atoms with Crippen LogP contribution in [0, 0.1) is 0 Å². The number of benzene rings is 2. The van der Waals surface area contributed by atoms with Gasteiger partial charge in [-0.25, -0.2) is 0 Å². The van der Waals surface area contributed by atoms with E-state index < -0.39 is 6.04 Å². The van der Waals surface area contributed by atoms with E-state index >= 15 is 0 Å². The average molecular weight is 380 g/mol. The number of hydrogen-bond donors (Lipinski definition) is 2. The van der Waals surface area contributed by atoms with Gasteiger partial charge in [0.2, 0.25) is 5.91 Å². The van der Waals surface area contributed by atoms with Crippen molar-refractivity contribution >= 4 is 23.2 Å². The summed E-state index contributed by atoms with van der Waals surface area (Å²) in [6.07, 6.45) is 0. The zero-order chi connectivity index (χ0) is 19.1. The summed E-state index contributed by atoms with van der Waals surface area (Å²) in [5.74, 6) is 0.191. The number of amides is 2. The van der Waals surface area contributed by atoms with Crippen LogP contribution in [0.15, 0.2) is 72.1 Å². The number of methoxy groups -OCH3 is 1. The standard InChI is InChI=1S/C21H20N2O3S/c1-26-17-10-5-7-15(13-17)14-22-21(25)19(16-8-3-2-4-9-16)23-20(24)18-11-6-12-27-18/h2-13,19H,14H2,1H3,(H,22,25)(H,23,24). The molecule has 5 nitrogen and oxygen atoms in total. The normalized spacial score (nSPS) is 11.4. The van der Waals surface area contributed by atoms with Crippen LogP contribution in [0.2, 0.25) is 0 Å². The van der Waals surface area contributed by atoms with Crippen molar-refractivity contribution in [1.29, 1.82) is 0 Å². The van der Waals surface area contributed by atoms with Crippen LogP contribution in [0.3, 0.4) is 0 Å². The maximum absolute atomic E-state index is 12.8. The molecule has 0 aliphatic heterocycles. The molecule has 3 rings (SSSR count). The van der Waals surface area contributed by atoms with Crippen molar-refractivity contribution in [2.45, 2.75) is 12.6 Å². The fourth-order valence-electron chi connectivity index (χ4n) is 2.63. The molecular formula is C21H20N2O3S. The molecular weight excluding hydrogens is 360 g/mol. The summed E-state index contributed by atoms with van der Waals surface area (Å²) in [5.41, 5.74) is 1.64. The molecule has 2 aromatic carbocycles. The first-order valence-corrected chi connectivity index (χ1v) is 9.35. The van der Waals surface area contributed by atoms with E-state index in [1.165, 1.54) is 11.3 Å². The van der Waals surface area contributed by atoms with Gasteiger partial charge < -0.3 is 15.4 Å². The summed E-state index contributed by atoms with van der Waals surface area (Å²) < 4.78 is 5.20. The van der Waals surface area contributed by atoms with Gasteiger partial charge in [0, 0.05) is 6.54 Å². The molecule has 1 unspecified atom stereocenters. The van der Waals surface area contributed by atoms with Gasteiger partial charge in [0.25, 0.3) is 5.91 Å². The van der Waals surface area contributed by atoms with Gasteiger partial charge in [-0.05, 0) is 34.7 Å². The topological polar surface area (TPSA) is 67.4 Å². The highest BCUT2D eigenvalue weighted by atomic mass is 32.1. The van der Waals surface area contributed by atoms with Crippen molar-refractivity contribution in [3.8, 4) is 5.75 Å². The second-order valence-electron chi connectivity index (χ2n) is 5.86. The van der Waals surface area contributed by atoms with E-state index in [4.69, 9.17) is 4.74 Å². The third-order valence-corrected chi connectivity index (χ3v) is 4.89. The molecule has 0 spiro atoms. The molecule has 0 saturated carbocycles. The van der Waals surface area contributed by atoms with Crippen molar-refractivity contribution in [3.05, 3.63) is 88.1 Å². The van der Waals surface area contributed by atoms with Crippen molar-refractivity contribution in [2.24, 2.45) is 0 Å². The molecule has 1 aromatic heterocycles. The summed E-state index contributed by atoms with van der Waals surface area (Å²) in [4.78, 5) is 25.8. The molecule has 0 bridgehead atoms. The van der Waals surface area contributed by atoms with Gasteiger partial charge in [-0.3, -0.25) is 9.59 Å². The summed E-state index contributed by atoms with van der Waals surface area (Å²) in [7, 11) is 1.60. The lowest BCUT2D eigenvalue weighted by molar-refractivity contribution is -0.123. The first-order chi connectivity index (χ1) is 13.2. The molecule has 2 N–H and O–H groups in total. The average Bonchev–Trinajstić information content (AvgIpc) is 3.26. The molecule has 0 aliphatic rings. The Balaban J connectivity index is 1.73. The van der Waals surface area contributed by atoms with Gasteiger partial charge in [-0.15, -0.1) is 11.3 Å². The molecule has 3 aromatic rings. The van der Waals surface area contributed by atoms with Gasteiger partial charge in [0.1, 0.15) is 11.8 Å². The lowest BCUT2D eigenvalue weighted by Gasteiger charge is -2.19. The van der Waals surface area contributed by atoms with Crippen LogP contribution in [-0.2, 0) is 11.3 Å². The maximum atomic E-state index is 12.8. The van der Waals surface area contributed by atoms with Crippen LogP contribution >= 0.6 is 11.3 Å². The number of nitrogens with one attached hydrogen (secondary N) is 2. The molecule has 0 aliphatic carbocycles. The molecule has 138 valence electrons. The monoisotopic (exact) mass is 380 g/mol. The molecule has 1 heterocycles. The lowest BCUT2D eigenvalue weighted by atomic mass is 10.1. The molecule has 0 radical (unpaired) electrons. The fourth-order valence-corrected chi connectivity index (χ4v) is 3.26. The van der Waals surface area contributed by atoms with E-state index in [1.807, 2.05) is 60.0 Å². The predicted octanol–water partition coefficient (Wildman–Crippen LogP) is 3.54. The number of rotatable bonds is 7. The summed E-state index contributed by atoms with van der Waals surface area (Å²) in [6, 6.07) is 19.5. The molecule has 1 atom stereocenters. The Morgan fingerprint density at radius 3 is 2.56 bits per heavy atom.